The summed E-state index contributed by atoms with van der Waals surface area (Å²) in [6.45, 7) is 2.20. The molecule has 0 saturated heterocycles. The van der Waals surface area contributed by atoms with E-state index in [-0.39, 0.29) is 12.5 Å². The van der Waals surface area contributed by atoms with E-state index in [9.17, 15) is 4.79 Å². The molecule has 0 radical (unpaired) electrons. The van der Waals surface area contributed by atoms with Crippen molar-refractivity contribution in [2.45, 2.75) is 6.92 Å². The highest BCUT2D eigenvalue weighted by atomic mass is 16.3. The smallest absolute Gasteiger partial charge is 0.267 e. The average Bonchev–Trinajstić information content (AvgIpc) is 2.44. The van der Waals surface area contributed by atoms with Crippen LogP contribution in [0.4, 0.5) is 0 Å². The number of nitrogens with zero attached hydrogens (tertiary/aromatic N) is 1. The zero-order valence-corrected chi connectivity index (χ0v) is 7.87. The SMILES string of the molecule is Cc1ccc(C(=O)NCCO)n1C. The van der Waals surface area contributed by atoms with Crippen molar-refractivity contribution in [3.8, 4) is 0 Å². The van der Waals surface area contributed by atoms with Gasteiger partial charge in [-0.25, -0.2) is 0 Å². The molecule has 1 aromatic rings. The Morgan fingerprint density at radius 3 is 2.77 bits per heavy atom. The van der Waals surface area contributed by atoms with Gasteiger partial charge >= 0.3 is 0 Å². The molecule has 0 fully saturated rings. The number of aromatic nitrogens is 1. The summed E-state index contributed by atoms with van der Waals surface area (Å²) < 4.78 is 1.81. The first-order valence-electron chi connectivity index (χ1n) is 4.18. The lowest BCUT2D eigenvalue weighted by atomic mass is 10.4. The number of carbonyl (C=O) groups excluding carboxylic acids is 1. The number of aliphatic hydroxyl groups is 1. The normalized spacial score (nSPS) is 10.1. The lowest BCUT2D eigenvalue weighted by molar-refractivity contribution is 0.0936. The molecule has 0 aliphatic heterocycles. The summed E-state index contributed by atoms with van der Waals surface area (Å²) in [5.41, 5.74) is 1.65. The van der Waals surface area contributed by atoms with E-state index in [0.29, 0.717) is 12.2 Å². The van der Waals surface area contributed by atoms with Crippen LogP contribution < -0.4 is 5.32 Å². The predicted octanol–water partition coefficient (Wildman–Crippen LogP) is 0.0556. The molecule has 2 N–H and O–H groups in total. The first-order valence-corrected chi connectivity index (χ1v) is 4.18. The van der Waals surface area contributed by atoms with Crippen molar-refractivity contribution in [3.63, 3.8) is 0 Å². The van der Waals surface area contributed by atoms with E-state index in [1.807, 2.05) is 24.6 Å². The van der Waals surface area contributed by atoms with Crippen LogP contribution in [0, 0.1) is 6.92 Å². The number of hydrogen-bond donors (Lipinski definition) is 2. The molecule has 0 bridgehead atoms. The zero-order chi connectivity index (χ0) is 9.84. The number of rotatable bonds is 3. The Morgan fingerprint density at radius 1 is 1.62 bits per heavy atom. The van der Waals surface area contributed by atoms with Crippen LogP contribution in [0.5, 0.6) is 0 Å². The van der Waals surface area contributed by atoms with Crippen LogP contribution >= 0.6 is 0 Å². The summed E-state index contributed by atoms with van der Waals surface area (Å²) in [7, 11) is 1.84. The molecule has 0 saturated carbocycles. The molecule has 0 spiro atoms. The van der Waals surface area contributed by atoms with E-state index in [1.54, 1.807) is 6.07 Å². The molecular weight excluding hydrogens is 168 g/mol. The number of aryl methyl sites for hydroxylation is 1. The van der Waals surface area contributed by atoms with Crippen molar-refractivity contribution in [2.75, 3.05) is 13.2 Å². The molecule has 1 aromatic heterocycles. The van der Waals surface area contributed by atoms with Gasteiger partial charge in [-0.3, -0.25) is 4.79 Å². The minimum absolute atomic E-state index is 0.0326. The van der Waals surface area contributed by atoms with E-state index in [0.717, 1.165) is 5.69 Å². The lowest BCUT2D eigenvalue weighted by Gasteiger charge is -2.05. The lowest BCUT2D eigenvalue weighted by Crippen LogP contribution is -2.28. The number of amides is 1. The number of aliphatic hydroxyl groups excluding tert-OH is 1. The Hall–Kier alpha value is -1.29. The molecule has 0 atom stereocenters. The molecule has 1 heterocycles. The second kappa shape index (κ2) is 4.09. The molecule has 0 unspecified atom stereocenters. The first kappa shape index (κ1) is 9.80. The fraction of sp³-hybridized carbons (Fsp3) is 0.444. The topological polar surface area (TPSA) is 54.3 Å². The summed E-state index contributed by atoms with van der Waals surface area (Å²) >= 11 is 0. The minimum Gasteiger partial charge on any atom is -0.395 e. The van der Waals surface area contributed by atoms with Gasteiger partial charge in [-0.05, 0) is 19.1 Å². The highest BCUT2D eigenvalue weighted by Gasteiger charge is 2.08. The molecular formula is C9H14N2O2. The Morgan fingerprint density at radius 2 is 2.31 bits per heavy atom. The van der Waals surface area contributed by atoms with Crippen molar-refractivity contribution in [1.82, 2.24) is 9.88 Å². The van der Waals surface area contributed by atoms with Gasteiger partial charge in [0.25, 0.3) is 5.91 Å². The van der Waals surface area contributed by atoms with E-state index in [2.05, 4.69) is 5.32 Å². The number of carbonyl (C=O) groups is 1. The summed E-state index contributed by atoms with van der Waals surface area (Å²) in [4.78, 5) is 11.4. The molecule has 0 aromatic carbocycles. The van der Waals surface area contributed by atoms with E-state index in [4.69, 9.17) is 5.11 Å². The fourth-order valence-corrected chi connectivity index (χ4v) is 1.10. The van der Waals surface area contributed by atoms with Gasteiger partial charge in [0.05, 0.1) is 6.61 Å². The highest BCUT2D eigenvalue weighted by molar-refractivity contribution is 5.92. The van der Waals surface area contributed by atoms with Gasteiger partial charge in [-0.15, -0.1) is 0 Å². The largest absolute Gasteiger partial charge is 0.395 e. The molecule has 13 heavy (non-hydrogen) atoms. The van der Waals surface area contributed by atoms with Gasteiger partial charge in [0, 0.05) is 19.3 Å². The Balaban J connectivity index is 2.71. The third kappa shape index (κ3) is 2.09. The third-order valence-electron chi connectivity index (χ3n) is 2.00. The van der Waals surface area contributed by atoms with Crippen molar-refractivity contribution >= 4 is 5.91 Å². The molecule has 4 heteroatoms. The van der Waals surface area contributed by atoms with Gasteiger partial charge in [-0.2, -0.15) is 0 Å². The molecule has 0 aliphatic carbocycles. The maximum Gasteiger partial charge on any atom is 0.267 e. The Labute approximate surface area is 77.2 Å². The standard InChI is InChI=1S/C9H14N2O2/c1-7-3-4-8(11(7)2)9(13)10-5-6-12/h3-4,12H,5-6H2,1-2H3,(H,10,13). The third-order valence-corrected chi connectivity index (χ3v) is 2.00. The monoisotopic (exact) mass is 182 g/mol. The zero-order valence-electron chi connectivity index (χ0n) is 7.87. The number of hydrogen-bond acceptors (Lipinski definition) is 2. The van der Waals surface area contributed by atoms with E-state index < -0.39 is 0 Å². The maximum absolute atomic E-state index is 11.4. The van der Waals surface area contributed by atoms with Gasteiger partial charge in [0.2, 0.25) is 0 Å². The van der Waals surface area contributed by atoms with Crippen molar-refractivity contribution < 1.29 is 9.90 Å². The molecule has 72 valence electrons. The van der Waals surface area contributed by atoms with Crippen LogP contribution in [-0.4, -0.2) is 28.7 Å². The van der Waals surface area contributed by atoms with Crippen LogP contribution in [0.3, 0.4) is 0 Å². The van der Waals surface area contributed by atoms with Crippen LogP contribution in [0.2, 0.25) is 0 Å². The summed E-state index contributed by atoms with van der Waals surface area (Å²) in [5.74, 6) is -0.148. The fourth-order valence-electron chi connectivity index (χ4n) is 1.10. The quantitative estimate of drug-likeness (QED) is 0.694. The first-order chi connectivity index (χ1) is 6.16. The highest BCUT2D eigenvalue weighted by Crippen LogP contribution is 2.04. The second-order valence-corrected chi connectivity index (χ2v) is 2.90. The predicted molar refractivity (Wildman–Crippen MR) is 49.6 cm³/mol. The summed E-state index contributed by atoms with van der Waals surface area (Å²) in [6, 6.07) is 3.65. The second-order valence-electron chi connectivity index (χ2n) is 2.90. The molecule has 0 aliphatic rings. The Bertz CT molecular complexity index is 305. The average molecular weight is 182 g/mol. The van der Waals surface area contributed by atoms with Crippen LogP contribution in [0.1, 0.15) is 16.2 Å². The van der Waals surface area contributed by atoms with E-state index in [1.165, 1.54) is 0 Å². The van der Waals surface area contributed by atoms with Crippen molar-refractivity contribution in [3.05, 3.63) is 23.5 Å². The molecule has 1 rings (SSSR count). The van der Waals surface area contributed by atoms with Gasteiger partial charge in [-0.1, -0.05) is 0 Å². The van der Waals surface area contributed by atoms with E-state index >= 15 is 0 Å². The van der Waals surface area contributed by atoms with Crippen LogP contribution in [-0.2, 0) is 7.05 Å². The molecule has 4 nitrogen and oxygen atoms in total. The minimum atomic E-state index is -0.148. The number of nitrogens with one attached hydrogen (secondary N) is 1. The van der Waals surface area contributed by atoms with Gasteiger partial charge in [0.15, 0.2) is 0 Å². The van der Waals surface area contributed by atoms with Crippen LogP contribution in [0.15, 0.2) is 12.1 Å². The van der Waals surface area contributed by atoms with Gasteiger partial charge in [0.1, 0.15) is 5.69 Å². The summed E-state index contributed by atoms with van der Waals surface area (Å²) in [6.07, 6.45) is 0. The molecule has 1 amide bonds. The summed E-state index contributed by atoms with van der Waals surface area (Å²) in [5, 5.41) is 11.1. The van der Waals surface area contributed by atoms with Crippen LogP contribution in [0.25, 0.3) is 0 Å². The maximum atomic E-state index is 11.4. The van der Waals surface area contributed by atoms with Gasteiger partial charge < -0.3 is 15.0 Å². The van der Waals surface area contributed by atoms with Crippen molar-refractivity contribution in [1.29, 1.82) is 0 Å². The van der Waals surface area contributed by atoms with Crippen molar-refractivity contribution in [2.24, 2.45) is 7.05 Å². The Kier molecular flexibility index (Phi) is 3.08.